The number of rotatable bonds is 5. The number of carbonyl (C=O) groups is 1. The van der Waals surface area contributed by atoms with Gasteiger partial charge in [-0.2, -0.15) is 0 Å². The van der Waals surface area contributed by atoms with Gasteiger partial charge in [-0.25, -0.2) is 0 Å². The van der Waals surface area contributed by atoms with Crippen LogP contribution in [0.15, 0.2) is 18.2 Å². The third-order valence-electron chi connectivity index (χ3n) is 3.80. The van der Waals surface area contributed by atoms with Crippen LogP contribution in [0.25, 0.3) is 0 Å². The number of piperidine rings is 1. The van der Waals surface area contributed by atoms with Crippen molar-refractivity contribution in [3.05, 3.63) is 28.3 Å². The number of carbonyl (C=O) groups excluding carboxylic acids is 1. The van der Waals surface area contributed by atoms with Crippen LogP contribution in [0.3, 0.4) is 0 Å². The van der Waals surface area contributed by atoms with E-state index in [0.717, 1.165) is 12.8 Å². The first-order chi connectivity index (χ1) is 10.0. The number of anilines is 2. The van der Waals surface area contributed by atoms with E-state index in [2.05, 4.69) is 5.43 Å². The number of hydrogen-bond donors (Lipinski definition) is 3. The Hall–Kier alpha value is -2.35. The SMILES string of the molecule is NNc1cccc(N2CCC(CC(N)=O)CC2)c1[N+](=O)[O-]. The van der Waals surface area contributed by atoms with Gasteiger partial charge >= 0.3 is 5.69 Å². The lowest BCUT2D eigenvalue weighted by Gasteiger charge is -2.33. The molecule has 1 amide bonds. The molecule has 1 fully saturated rings. The van der Waals surface area contributed by atoms with Crippen molar-refractivity contribution >= 4 is 23.0 Å². The van der Waals surface area contributed by atoms with Gasteiger partial charge in [0.25, 0.3) is 0 Å². The highest BCUT2D eigenvalue weighted by molar-refractivity contribution is 5.77. The Kier molecular flexibility index (Phi) is 4.59. The maximum atomic E-state index is 11.3. The largest absolute Gasteiger partial charge is 0.370 e. The number of primary amides is 1. The number of hydrogen-bond acceptors (Lipinski definition) is 6. The Morgan fingerprint density at radius 2 is 2.10 bits per heavy atom. The first-order valence-electron chi connectivity index (χ1n) is 6.80. The third kappa shape index (κ3) is 3.40. The van der Waals surface area contributed by atoms with Crippen LogP contribution in [0.2, 0.25) is 0 Å². The van der Waals surface area contributed by atoms with Gasteiger partial charge in [0.2, 0.25) is 5.91 Å². The molecular weight excluding hydrogens is 274 g/mol. The van der Waals surface area contributed by atoms with Gasteiger partial charge in [-0.1, -0.05) is 6.07 Å². The molecule has 114 valence electrons. The van der Waals surface area contributed by atoms with Crippen molar-refractivity contribution in [3.63, 3.8) is 0 Å². The molecule has 1 heterocycles. The Morgan fingerprint density at radius 3 is 2.62 bits per heavy atom. The number of nitrogens with two attached hydrogens (primary N) is 2. The molecule has 8 nitrogen and oxygen atoms in total. The number of nitro groups is 1. The highest BCUT2D eigenvalue weighted by Crippen LogP contribution is 2.37. The molecule has 0 spiro atoms. The number of benzene rings is 1. The number of hydrazine groups is 1. The highest BCUT2D eigenvalue weighted by atomic mass is 16.6. The zero-order valence-corrected chi connectivity index (χ0v) is 11.6. The maximum Gasteiger partial charge on any atom is 0.316 e. The molecule has 8 heteroatoms. The van der Waals surface area contributed by atoms with Gasteiger partial charge in [0.1, 0.15) is 11.4 Å². The summed E-state index contributed by atoms with van der Waals surface area (Å²) in [7, 11) is 0. The second-order valence-electron chi connectivity index (χ2n) is 5.18. The molecule has 21 heavy (non-hydrogen) atoms. The van der Waals surface area contributed by atoms with Crippen LogP contribution in [0, 0.1) is 16.0 Å². The molecule has 0 bridgehead atoms. The van der Waals surface area contributed by atoms with Crippen molar-refractivity contribution in [2.45, 2.75) is 19.3 Å². The second-order valence-corrected chi connectivity index (χ2v) is 5.18. The molecule has 1 aliphatic rings. The fourth-order valence-corrected chi connectivity index (χ4v) is 2.76. The predicted octanol–water partition coefficient (Wildman–Crippen LogP) is 0.972. The predicted molar refractivity (Wildman–Crippen MR) is 79.7 cm³/mol. The minimum Gasteiger partial charge on any atom is -0.370 e. The van der Waals surface area contributed by atoms with Gasteiger partial charge < -0.3 is 16.1 Å². The smallest absolute Gasteiger partial charge is 0.316 e. The lowest BCUT2D eigenvalue weighted by Crippen LogP contribution is -2.35. The molecule has 0 aromatic heterocycles. The molecule has 1 saturated heterocycles. The average Bonchev–Trinajstić information content (AvgIpc) is 2.46. The maximum absolute atomic E-state index is 11.3. The van der Waals surface area contributed by atoms with Gasteiger partial charge in [0.15, 0.2) is 0 Å². The fourth-order valence-electron chi connectivity index (χ4n) is 2.76. The molecule has 1 aromatic carbocycles. The second kappa shape index (κ2) is 6.40. The molecule has 1 aliphatic heterocycles. The minimum atomic E-state index is -0.431. The Morgan fingerprint density at radius 1 is 1.43 bits per heavy atom. The van der Waals surface area contributed by atoms with Gasteiger partial charge in [-0.3, -0.25) is 20.8 Å². The zero-order valence-electron chi connectivity index (χ0n) is 11.6. The average molecular weight is 293 g/mol. The molecule has 0 radical (unpaired) electrons. The van der Waals surface area contributed by atoms with Crippen molar-refractivity contribution in [3.8, 4) is 0 Å². The summed E-state index contributed by atoms with van der Waals surface area (Å²) in [5.41, 5.74) is 8.39. The first-order valence-corrected chi connectivity index (χ1v) is 6.80. The highest BCUT2D eigenvalue weighted by Gasteiger charge is 2.27. The lowest BCUT2D eigenvalue weighted by molar-refractivity contribution is -0.383. The third-order valence-corrected chi connectivity index (χ3v) is 3.80. The number of amides is 1. The van der Waals surface area contributed by atoms with Gasteiger partial charge in [0, 0.05) is 19.5 Å². The van der Waals surface area contributed by atoms with Gasteiger partial charge in [0.05, 0.1) is 4.92 Å². The summed E-state index contributed by atoms with van der Waals surface area (Å²) in [6.07, 6.45) is 1.96. The van der Waals surface area contributed by atoms with E-state index in [1.165, 1.54) is 0 Å². The lowest BCUT2D eigenvalue weighted by atomic mass is 9.93. The van der Waals surface area contributed by atoms with Crippen molar-refractivity contribution in [2.24, 2.45) is 17.5 Å². The van der Waals surface area contributed by atoms with Crippen LogP contribution in [-0.4, -0.2) is 23.9 Å². The summed E-state index contributed by atoms with van der Waals surface area (Å²) < 4.78 is 0. The summed E-state index contributed by atoms with van der Waals surface area (Å²) in [5, 5.41) is 11.3. The van der Waals surface area contributed by atoms with Crippen LogP contribution >= 0.6 is 0 Å². The number of nitro benzene ring substituents is 1. The van der Waals surface area contributed by atoms with E-state index in [0.29, 0.717) is 25.2 Å². The van der Waals surface area contributed by atoms with Crippen molar-refractivity contribution in [1.29, 1.82) is 0 Å². The Labute approximate surface area is 122 Å². The van der Waals surface area contributed by atoms with Crippen molar-refractivity contribution in [1.82, 2.24) is 0 Å². The summed E-state index contributed by atoms with van der Waals surface area (Å²) in [4.78, 5) is 23.7. The molecule has 0 aliphatic carbocycles. The summed E-state index contributed by atoms with van der Waals surface area (Å²) >= 11 is 0. The monoisotopic (exact) mass is 293 g/mol. The molecule has 0 unspecified atom stereocenters. The van der Waals surface area contributed by atoms with E-state index >= 15 is 0 Å². The zero-order chi connectivity index (χ0) is 15.4. The van der Waals surface area contributed by atoms with Crippen LogP contribution in [-0.2, 0) is 4.79 Å². The van der Waals surface area contributed by atoms with Crippen LogP contribution in [0.5, 0.6) is 0 Å². The van der Waals surface area contributed by atoms with Crippen molar-refractivity contribution < 1.29 is 9.72 Å². The normalized spacial score (nSPS) is 15.8. The summed E-state index contributed by atoms with van der Waals surface area (Å²) in [6.45, 7) is 1.32. The fraction of sp³-hybridized carbons (Fsp3) is 0.462. The van der Waals surface area contributed by atoms with Crippen LogP contribution < -0.4 is 21.9 Å². The quantitative estimate of drug-likeness (QED) is 0.421. The number of nitrogens with zero attached hydrogens (tertiary/aromatic N) is 2. The number of nitrogens with one attached hydrogen (secondary N) is 1. The van der Waals surface area contributed by atoms with Crippen LogP contribution in [0.1, 0.15) is 19.3 Å². The molecule has 2 rings (SSSR count). The summed E-state index contributed by atoms with van der Waals surface area (Å²) in [6, 6.07) is 5.02. The molecular formula is C13H19N5O3. The Bertz CT molecular complexity index is 541. The van der Waals surface area contributed by atoms with Crippen molar-refractivity contribution in [2.75, 3.05) is 23.4 Å². The van der Waals surface area contributed by atoms with E-state index in [1.807, 2.05) is 4.90 Å². The molecule has 0 atom stereocenters. The van der Waals surface area contributed by atoms with E-state index in [4.69, 9.17) is 11.6 Å². The van der Waals surface area contributed by atoms with E-state index in [1.54, 1.807) is 18.2 Å². The Balaban J connectivity index is 2.17. The van der Waals surface area contributed by atoms with Crippen LogP contribution in [0.4, 0.5) is 17.1 Å². The molecule has 0 saturated carbocycles. The van der Waals surface area contributed by atoms with E-state index < -0.39 is 4.92 Å². The number of nitrogen functional groups attached to an aromatic ring is 1. The topological polar surface area (TPSA) is 128 Å². The van der Waals surface area contributed by atoms with E-state index in [-0.39, 0.29) is 23.2 Å². The van der Waals surface area contributed by atoms with Gasteiger partial charge in [-0.05, 0) is 30.9 Å². The van der Waals surface area contributed by atoms with Gasteiger partial charge in [-0.15, -0.1) is 0 Å². The standard InChI is InChI=1S/C13H19N5O3/c14-12(19)8-9-4-6-17(7-5-9)11-3-1-2-10(16-15)13(11)18(20)21/h1-3,9,16H,4-8,15H2,(H2,14,19). The number of para-hydroxylation sites is 1. The minimum absolute atomic E-state index is 0.0200. The van der Waals surface area contributed by atoms with E-state index in [9.17, 15) is 14.9 Å². The molecule has 5 N–H and O–H groups in total. The molecule has 1 aromatic rings. The summed E-state index contributed by atoms with van der Waals surface area (Å²) in [5.74, 6) is 5.30. The first kappa shape index (κ1) is 15.0.